The minimum Gasteiger partial charge on any atom is -0.478 e. The van der Waals surface area contributed by atoms with Crippen molar-refractivity contribution in [2.24, 2.45) is 0 Å². The van der Waals surface area contributed by atoms with Crippen molar-refractivity contribution in [3.05, 3.63) is 89.1 Å². The molecule has 144 valence electrons. The van der Waals surface area contributed by atoms with Gasteiger partial charge in [0.1, 0.15) is 0 Å². The Morgan fingerprint density at radius 2 is 1.68 bits per heavy atom. The first-order chi connectivity index (χ1) is 15.5. The molecule has 1 heterocycles. The fraction of sp³-hybridized carbons (Fsp3) is 0.227. The second kappa shape index (κ2) is 8.19. The number of ether oxygens (including phenoxy) is 2. The molecule has 2 atom stereocenters. The van der Waals surface area contributed by atoms with Crippen LogP contribution in [0.2, 0.25) is 0 Å². The molecule has 0 radical (unpaired) electrons. The fourth-order valence-corrected chi connectivity index (χ4v) is 3.03. The number of carbonyl (C=O) groups is 1. The van der Waals surface area contributed by atoms with Gasteiger partial charge in [-0.05, 0) is 31.0 Å². The second-order valence-corrected chi connectivity index (χ2v) is 6.08. The summed E-state index contributed by atoms with van der Waals surface area (Å²) in [6, 6.07) is 6.33. The van der Waals surface area contributed by atoms with E-state index in [9.17, 15) is 9.90 Å². The van der Waals surface area contributed by atoms with Crippen LogP contribution in [-0.2, 0) is 15.1 Å². The predicted molar refractivity (Wildman–Crippen MR) is 104 cm³/mol. The molecule has 0 aliphatic carbocycles. The maximum absolute atomic E-state index is 12.6. The molecule has 28 heavy (non-hydrogen) atoms. The molecule has 1 N–H and O–H groups in total. The molecule has 0 saturated heterocycles. The van der Waals surface area contributed by atoms with Crippen molar-refractivity contribution in [3.8, 4) is 6.01 Å². The van der Waals surface area contributed by atoms with E-state index in [0.717, 1.165) is 0 Å². The summed E-state index contributed by atoms with van der Waals surface area (Å²) in [5.41, 5.74) is -1.23. The van der Waals surface area contributed by atoms with Gasteiger partial charge in [-0.25, -0.2) is 14.8 Å². The van der Waals surface area contributed by atoms with Gasteiger partial charge < -0.3 is 14.6 Å². The van der Waals surface area contributed by atoms with Gasteiger partial charge in [0.2, 0.25) is 6.10 Å². The number of methoxy groups -OCH3 is 1. The molecule has 0 spiro atoms. The predicted octanol–water partition coefficient (Wildman–Crippen LogP) is 3.52. The quantitative estimate of drug-likeness (QED) is 0.672. The minimum absolute atomic E-state index is 0.211. The molecule has 0 fully saturated rings. The van der Waals surface area contributed by atoms with Crippen LogP contribution in [-0.4, -0.2) is 34.3 Å². The van der Waals surface area contributed by atoms with Crippen molar-refractivity contribution in [1.82, 2.24) is 9.97 Å². The SMILES string of the molecule is [2H]c1c([2H])c([2H])c(C(OC)(c2ccccc2)[C@@H](Oc2nc(C)cc(C)n2)C(=O)O)c([2H])c1[2H]. The molecular formula is C22H22N2O4. The summed E-state index contributed by atoms with van der Waals surface area (Å²) >= 11 is 0. The highest BCUT2D eigenvalue weighted by Gasteiger charge is 2.49. The van der Waals surface area contributed by atoms with Gasteiger partial charge in [-0.1, -0.05) is 60.5 Å². The largest absolute Gasteiger partial charge is 0.478 e. The molecule has 2 aromatic carbocycles. The van der Waals surface area contributed by atoms with Crippen LogP contribution in [0.5, 0.6) is 6.01 Å². The zero-order chi connectivity index (χ0) is 24.5. The lowest BCUT2D eigenvalue weighted by molar-refractivity contribution is -0.160. The third-order valence-corrected chi connectivity index (χ3v) is 4.17. The first kappa shape index (κ1) is 13.8. The highest BCUT2D eigenvalue weighted by atomic mass is 16.6. The molecular weight excluding hydrogens is 356 g/mol. The number of benzene rings is 2. The molecule has 1 unspecified atom stereocenters. The zero-order valence-corrected chi connectivity index (χ0v) is 15.6. The molecule has 6 nitrogen and oxygen atoms in total. The summed E-state index contributed by atoms with van der Waals surface area (Å²) in [7, 11) is 1.19. The van der Waals surface area contributed by atoms with E-state index in [1.807, 2.05) is 0 Å². The van der Waals surface area contributed by atoms with Gasteiger partial charge in [-0.3, -0.25) is 0 Å². The maximum Gasteiger partial charge on any atom is 0.348 e. The number of carboxylic acids is 1. The smallest absolute Gasteiger partial charge is 0.348 e. The number of aryl methyl sites for hydroxylation is 2. The van der Waals surface area contributed by atoms with E-state index in [-0.39, 0.29) is 17.1 Å². The van der Waals surface area contributed by atoms with Crippen molar-refractivity contribution in [2.45, 2.75) is 25.6 Å². The normalized spacial score (nSPS) is 16.6. The Balaban J connectivity index is 2.40. The number of aliphatic carboxylic acids is 1. The van der Waals surface area contributed by atoms with Gasteiger partial charge in [0.25, 0.3) is 0 Å². The van der Waals surface area contributed by atoms with Crippen LogP contribution in [0.15, 0.2) is 66.6 Å². The van der Waals surface area contributed by atoms with E-state index < -0.39 is 47.9 Å². The number of hydrogen-bond acceptors (Lipinski definition) is 5. The molecule has 1 aromatic heterocycles. The van der Waals surface area contributed by atoms with Gasteiger partial charge in [-0.2, -0.15) is 0 Å². The van der Waals surface area contributed by atoms with E-state index in [0.29, 0.717) is 11.4 Å². The first-order valence-corrected chi connectivity index (χ1v) is 8.44. The Bertz CT molecular complexity index is 1160. The summed E-state index contributed by atoms with van der Waals surface area (Å²) in [5.74, 6) is -1.50. The Labute approximate surface area is 170 Å². The third kappa shape index (κ3) is 3.73. The van der Waals surface area contributed by atoms with Crippen molar-refractivity contribution in [3.63, 3.8) is 0 Å². The molecule has 0 aliphatic rings. The molecule has 0 saturated carbocycles. The highest BCUT2D eigenvalue weighted by molar-refractivity contribution is 5.76. The maximum atomic E-state index is 12.6. The summed E-state index contributed by atoms with van der Waals surface area (Å²) in [6.07, 6.45) is -1.91. The van der Waals surface area contributed by atoms with Crippen molar-refractivity contribution in [1.29, 1.82) is 0 Å². The van der Waals surface area contributed by atoms with Gasteiger partial charge >= 0.3 is 12.0 Å². The lowest BCUT2D eigenvalue weighted by Crippen LogP contribution is -2.50. The Morgan fingerprint density at radius 3 is 2.21 bits per heavy atom. The van der Waals surface area contributed by atoms with Crippen LogP contribution in [0.1, 0.15) is 29.4 Å². The van der Waals surface area contributed by atoms with Gasteiger partial charge in [0, 0.05) is 18.5 Å². The average Bonchev–Trinajstić information content (AvgIpc) is 2.78. The number of aromatic nitrogens is 2. The molecule has 3 rings (SSSR count). The van der Waals surface area contributed by atoms with Crippen LogP contribution in [0.25, 0.3) is 0 Å². The van der Waals surface area contributed by atoms with Crippen molar-refractivity contribution >= 4 is 5.97 Å². The Kier molecular flexibility index (Phi) is 4.05. The van der Waals surface area contributed by atoms with Gasteiger partial charge in [-0.15, -0.1) is 0 Å². The lowest BCUT2D eigenvalue weighted by Gasteiger charge is -2.37. The van der Waals surface area contributed by atoms with E-state index in [4.69, 9.17) is 16.3 Å². The molecule has 0 amide bonds. The topological polar surface area (TPSA) is 81.5 Å². The summed E-state index contributed by atoms with van der Waals surface area (Å²) in [6.45, 7) is 3.38. The van der Waals surface area contributed by atoms with E-state index >= 15 is 0 Å². The fourth-order valence-electron chi connectivity index (χ4n) is 3.03. The van der Waals surface area contributed by atoms with Gasteiger partial charge in [0.05, 0.1) is 6.85 Å². The Hall–Kier alpha value is -3.25. The average molecular weight is 383 g/mol. The van der Waals surface area contributed by atoms with Crippen LogP contribution in [0.4, 0.5) is 0 Å². The number of rotatable bonds is 7. The van der Waals surface area contributed by atoms with E-state index in [1.54, 1.807) is 38.1 Å². The summed E-state index contributed by atoms with van der Waals surface area (Å²) in [4.78, 5) is 20.8. The minimum atomic E-state index is -2.14. The van der Waals surface area contributed by atoms with E-state index in [2.05, 4.69) is 9.97 Å². The van der Waals surface area contributed by atoms with Crippen LogP contribution in [0.3, 0.4) is 0 Å². The second-order valence-electron chi connectivity index (χ2n) is 6.08. The molecule has 0 aliphatic heterocycles. The van der Waals surface area contributed by atoms with Crippen molar-refractivity contribution in [2.75, 3.05) is 7.11 Å². The number of nitrogens with zero attached hydrogens (tertiary/aromatic N) is 2. The lowest BCUT2D eigenvalue weighted by atomic mass is 9.81. The first-order valence-electron chi connectivity index (χ1n) is 10.9. The summed E-state index contributed by atoms with van der Waals surface area (Å²) < 4.78 is 52.6. The molecule has 3 aromatic rings. The highest BCUT2D eigenvalue weighted by Crippen LogP contribution is 2.38. The van der Waals surface area contributed by atoms with Crippen LogP contribution in [0, 0.1) is 13.8 Å². The van der Waals surface area contributed by atoms with Gasteiger partial charge in [0.15, 0.2) is 5.60 Å². The Morgan fingerprint density at radius 1 is 1.07 bits per heavy atom. The number of hydrogen-bond donors (Lipinski definition) is 1. The zero-order valence-electron chi connectivity index (χ0n) is 20.6. The van der Waals surface area contributed by atoms with E-state index in [1.165, 1.54) is 19.2 Å². The summed E-state index contributed by atoms with van der Waals surface area (Å²) in [5, 5.41) is 10.2. The molecule has 0 bridgehead atoms. The number of carboxylic acid groups (broad SMARTS) is 1. The van der Waals surface area contributed by atoms with Crippen molar-refractivity contribution < 1.29 is 26.2 Å². The van der Waals surface area contributed by atoms with Crippen LogP contribution < -0.4 is 4.74 Å². The monoisotopic (exact) mass is 383 g/mol. The van der Waals surface area contributed by atoms with Crippen LogP contribution >= 0.6 is 0 Å². The molecule has 6 heteroatoms. The standard InChI is InChI=1S/C22H22N2O4/c1-15-14-16(2)24-21(23-15)28-19(20(25)26)22(27-3,17-10-6-4-7-11-17)18-12-8-5-9-13-18/h4-14,19H,1-3H3,(H,25,26)/t19-/m0/s1/i4D,6D,7D,10D,11D/t19-,22?. The third-order valence-electron chi connectivity index (χ3n) is 4.17.